The second-order valence-corrected chi connectivity index (χ2v) is 5.27. The van der Waals surface area contributed by atoms with Gasteiger partial charge in [0.05, 0.1) is 0 Å². The van der Waals surface area contributed by atoms with E-state index in [0.29, 0.717) is 11.5 Å². The lowest BCUT2D eigenvalue weighted by Gasteiger charge is -2.38. The molecule has 4 heteroatoms. The number of likely N-dealkylation sites (tertiary alicyclic amines) is 1. The predicted molar refractivity (Wildman–Crippen MR) is 68.1 cm³/mol. The van der Waals surface area contributed by atoms with Crippen molar-refractivity contribution in [2.24, 2.45) is 11.7 Å². The van der Waals surface area contributed by atoms with E-state index < -0.39 is 5.82 Å². The molecule has 1 fully saturated rings. The Bertz CT molecular complexity index is 422. The molecule has 1 saturated heterocycles. The Morgan fingerprint density at radius 1 is 1.39 bits per heavy atom. The van der Waals surface area contributed by atoms with Crippen LogP contribution in [0.1, 0.15) is 31.9 Å². The van der Waals surface area contributed by atoms with Gasteiger partial charge < -0.3 is 5.73 Å². The summed E-state index contributed by atoms with van der Waals surface area (Å²) < 4.78 is 26.9. The summed E-state index contributed by atoms with van der Waals surface area (Å²) in [6.45, 7) is 5.65. The Morgan fingerprint density at radius 2 is 2.11 bits per heavy atom. The molecule has 2 N–H and O–H groups in total. The molecule has 1 heterocycles. The number of rotatable bonds is 2. The van der Waals surface area contributed by atoms with Gasteiger partial charge in [0, 0.05) is 24.2 Å². The highest BCUT2D eigenvalue weighted by Gasteiger charge is 2.28. The smallest absolute Gasteiger partial charge is 0.128 e. The number of nitrogens with two attached hydrogens (primary N) is 1. The van der Waals surface area contributed by atoms with Crippen molar-refractivity contribution in [3.8, 4) is 0 Å². The third-order valence-corrected chi connectivity index (χ3v) is 4.00. The summed E-state index contributed by atoms with van der Waals surface area (Å²) in [5.41, 5.74) is 6.46. The third-order valence-electron chi connectivity index (χ3n) is 4.00. The fraction of sp³-hybridized carbons (Fsp3) is 0.571. The predicted octanol–water partition coefficient (Wildman–Crippen LogP) is 2.69. The van der Waals surface area contributed by atoms with E-state index in [9.17, 15) is 8.78 Å². The Kier molecular flexibility index (Phi) is 3.97. The lowest BCUT2D eigenvalue weighted by Crippen LogP contribution is -2.48. The van der Waals surface area contributed by atoms with E-state index >= 15 is 0 Å². The second-order valence-electron chi connectivity index (χ2n) is 5.27. The molecule has 2 nitrogen and oxygen atoms in total. The second kappa shape index (κ2) is 5.33. The molecule has 0 radical (unpaired) electrons. The first-order valence-electron chi connectivity index (χ1n) is 6.43. The van der Waals surface area contributed by atoms with E-state index in [1.807, 2.05) is 6.92 Å². The minimum atomic E-state index is -0.395. The van der Waals surface area contributed by atoms with Crippen molar-refractivity contribution in [3.05, 3.63) is 35.4 Å². The van der Waals surface area contributed by atoms with Crippen molar-refractivity contribution in [2.75, 3.05) is 13.1 Å². The van der Waals surface area contributed by atoms with Gasteiger partial charge >= 0.3 is 0 Å². The zero-order valence-electron chi connectivity index (χ0n) is 10.9. The molecule has 18 heavy (non-hydrogen) atoms. The summed E-state index contributed by atoms with van der Waals surface area (Å²) in [5.74, 6) is -0.255. The van der Waals surface area contributed by atoms with Gasteiger partial charge in [-0.2, -0.15) is 0 Å². The highest BCUT2D eigenvalue weighted by atomic mass is 19.1. The SMILES string of the molecule is CC1CCN(C(C)c2cc(F)ccc2F)CC1N. The molecule has 1 aromatic rings. The first-order valence-corrected chi connectivity index (χ1v) is 6.43. The van der Waals surface area contributed by atoms with E-state index in [-0.39, 0.29) is 17.9 Å². The van der Waals surface area contributed by atoms with Crippen LogP contribution in [0.15, 0.2) is 18.2 Å². The number of hydrogen-bond acceptors (Lipinski definition) is 2. The van der Waals surface area contributed by atoms with Gasteiger partial charge in [-0.05, 0) is 44.0 Å². The van der Waals surface area contributed by atoms with E-state index in [1.165, 1.54) is 12.1 Å². The molecule has 1 aliphatic rings. The van der Waals surface area contributed by atoms with Gasteiger partial charge in [-0.3, -0.25) is 4.90 Å². The van der Waals surface area contributed by atoms with Crippen molar-refractivity contribution in [3.63, 3.8) is 0 Å². The minimum absolute atomic E-state index is 0.109. The molecule has 3 unspecified atom stereocenters. The average Bonchev–Trinajstić information content (AvgIpc) is 2.35. The maximum absolute atomic E-state index is 13.7. The summed E-state index contributed by atoms with van der Waals surface area (Å²) >= 11 is 0. The number of nitrogens with zero attached hydrogens (tertiary/aromatic N) is 1. The first kappa shape index (κ1) is 13.4. The van der Waals surface area contributed by atoms with E-state index in [1.54, 1.807) is 0 Å². The van der Waals surface area contributed by atoms with Gasteiger partial charge in [-0.15, -0.1) is 0 Å². The summed E-state index contributed by atoms with van der Waals surface area (Å²) in [6, 6.07) is 3.59. The third kappa shape index (κ3) is 2.70. The zero-order chi connectivity index (χ0) is 13.3. The highest BCUT2D eigenvalue weighted by molar-refractivity contribution is 5.22. The van der Waals surface area contributed by atoms with Crippen molar-refractivity contribution < 1.29 is 8.78 Å². The molecule has 100 valence electrons. The quantitative estimate of drug-likeness (QED) is 0.879. The summed E-state index contributed by atoms with van der Waals surface area (Å²) in [5, 5.41) is 0. The summed E-state index contributed by atoms with van der Waals surface area (Å²) in [7, 11) is 0. The molecule has 0 amide bonds. The summed E-state index contributed by atoms with van der Waals surface area (Å²) in [4.78, 5) is 2.13. The Balaban J connectivity index is 2.16. The van der Waals surface area contributed by atoms with Crippen LogP contribution in [0.4, 0.5) is 8.78 Å². The van der Waals surface area contributed by atoms with Crippen molar-refractivity contribution in [1.82, 2.24) is 4.90 Å². The largest absolute Gasteiger partial charge is 0.326 e. The van der Waals surface area contributed by atoms with Crippen LogP contribution in [-0.2, 0) is 0 Å². The molecular weight excluding hydrogens is 234 g/mol. The highest BCUT2D eigenvalue weighted by Crippen LogP contribution is 2.27. The van der Waals surface area contributed by atoms with Crippen LogP contribution in [0.2, 0.25) is 0 Å². The Labute approximate surface area is 107 Å². The number of hydrogen-bond donors (Lipinski definition) is 1. The van der Waals surface area contributed by atoms with Crippen LogP contribution in [0, 0.1) is 17.6 Å². The topological polar surface area (TPSA) is 29.3 Å². The van der Waals surface area contributed by atoms with Gasteiger partial charge in [0.25, 0.3) is 0 Å². The van der Waals surface area contributed by atoms with Crippen LogP contribution in [-0.4, -0.2) is 24.0 Å². The van der Waals surface area contributed by atoms with E-state index in [0.717, 1.165) is 25.6 Å². The molecule has 0 bridgehead atoms. The Hall–Kier alpha value is -1.00. The maximum atomic E-state index is 13.7. The maximum Gasteiger partial charge on any atom is 0.128 e. The van der Waals surface area contributed by atoms with Crippen LogP contribution in [0.3, 0.4) is 0 Å². The monoisotopic (exact) mass is 254 g/mol. The Morgan fingerprint density at radius 3 is 2.78 bits per heavy atom. The fourth-order valence-electron chi connectivity index (χ4n) is 2.51. The van der Waals surface area contributed by atoms with E-state index in [4.69, 9.17) is 5.73 Å². The standard InChI is InChI=1S/C14H20F2N2/c1-9-5-6-18(8-14(9)17)10(2)12-7-11(15)3-4-13(12)16/h3-4,7,9-10,14H,5-6,8,17H2,1-2H3. The van der Waals surface area contributed by atoms with Crippen molar-refractivity contribution >= 4 is 0 Å². The summed E-state index contributed by atoms with van der Waals surface area (Å²) in [6.07, 6.45) is 1.00. The van der Waals surface area contributed by atoms with Crippen LogP contribution < -0.4 is 5.73 Å². The van der Waals surface area contributed by atoms with E-state index in [2.05, 4.69) is 11.8 Å². The van der Waals surface area contributed by atoms with Gasteiger partial charge in [-0.25, -0.2) is 8.78 Å². The minimum Gasteiger partial charge on any atom is -0.326 e. The zero-order valence-corrected chi connectivity index (χ0v) is 10.9. The van der Waals surface area contributed by atoms with Crippen LogP contribution >= 0.6 is 0 Å². The van der Waals surface area contributed by atoms with Crippen molar-refractivity contribution in [2.45, 2.75) is 32.4 Å². The lowest BCUT2D eigenvalue weighted by atomic mass is 9.92. The average molecular weight is 254 g/mol. The molecule has 3 atom stereocenters. The molecule has 0 saturated carbocycles. The molecule has 1 aromatic carbocycles. The normalized spacial score (nSPS) is 27.2. The van der Waals surface area contributed by atoms with Gasteiger partial charge in [0.15, 0.2) is 0 Å². The number of benzene rings is 1. The molecule has 0 spiro atoms. The number of piperidine rings is 1. The fourth-order valence-corrected chi connectivity index (χ4v) is 2.51. The van der Waals surface area contributed by atoms with Gasteiger partial charge in [0.2, 0.25) is 0 Å². The van der Waals surface area contributed by atoms with Crippen LogP contribution in [0.5, 0.6) is 0 Å². The van der Waals surface area contributed by atoms with Gasteiger partial charge in [0.1, 0.15) is 11.6 Å². The molecule has 0 aromatic heterocycles. The lowest BCUT2D eigenvalue weighted by molar-refractivity contribution is 0.126. The van der Waals surface area contributed by atoms with Gasteiger partial charge in [-0.1, -0.05) is 6.92 Å². The first-order chi connectivity index (χ1) is 8.49. The van der Waals surface area contributed by atoms with Crippen molar-refractivity contribution in [1.29, 1.82) is 0 Å². The molecule has 1 aliphatic heterocycles. The molecule has 2 rings (SSSR count). The molecule has 0 aliphatic carbocycles. The van der Waals surface area contributed by atoms with Crippen LogP contribution in [0.25, 0.3) is 0 Å². The number of halogens is 2. The molecular formula is C14H20F2N2.